The van der Waals surface area contributed by atoms with E-state index in [2.05, 4.69) is 13.8 Å². The number of rotatable bonds is 6. The Hall–Kier alpha value is -1.69. The Bertz CT molecular complexity index is 394. The van der Waals surface area contributed by atoms with Gasteiger partial charge in [0, 0.05) is 6.07 Å². The molecule has 1 aromatic carbocycles. The highest BCUT2D eigenvalue weighted by atomic mass is 16.5. The Morgan fingerprint density at radius 3 is 2.71 bits per heavy atom. The molecule has 3 nitrogen and oxygen atoms in total. The molecule has 0 bridgehead atoms. The van der Waals surface area contributed by atoms with Crippen LogP contribution < -0.4 is 4.74 Å². The first-order valence-electron chi connectivity index (χ1n) is 5.99. The number of aromatic hydroxyl groups is 1. The number of unbranched alkanes of at least 4 members (excludes halogenated alkanes) is 1. The number of benzene rings is 1. The molecule has 0 spiro atoms. The van der Waals surface area contributed by atoms with Crippen LogP contribution >= 0.6 is 0 Å². The van der Waals surface area contributed by atoms with E-state index in [0.29, 0.717) is 17.9 Å². The maximum Gasteiger partial charge on any atom is 0.124 e. The molecule has 0 aliphatic carbocycles. The van der Waals surface area contributed by atoms with E-state index in [-0.39, 0.29) is 5.75 Å². The molecule has 0 aliphatic rings. The molecule has 0 amide bonds. The number of phenols is 1. The number of nitrogens with zero attached hydrogens (tertiary/aromatic N) is 1. The molecule has 0 saturated carbocycles. The molecule has 0 heterocycles. The Kier molecular flexibility index (Phi) is 5.35. The van der Waals surface area contributed by atoms with Crippen LogP contribution in [0.2, 0.25) is 0 Å². The normalized spacial score (nSPS) is 10.2. The van der Waals surface area contributed by atoms with Crippen molar-refractivity contribution >= 4 is 0 Å². The van der Waals surface area contributed by atoms with Crippen LogP contribution in [0.15, 0.2) is 18.2 Å². The fourth-order valence-corrected chi connectivity index (χ4v) is 1.58. The van der Waals surface area contributed by atoms with E-state index in [1.807, 2.05) is 6.07 Å². The molecule has 0 saturated heterocycles. The van der Waals surface area contributed by atoms with Crippen molar-refractivity contribution in [2.24, 2.45) is 5.92 Å². The minimum atomic E-state index is 0.0706. The standard InChI is InChI=1S/C14H19NO2/c1-11(2)5-3-4-6-17-14-8-12(10-15)7-13(16)9-14/h7-9,11,16H,3-6H2,1-2H3. The van der Waals surface area contributed by atoms with Gasteiger partial charge in [-0.15, -0.1) is 0 Å². The van der Waals surface area contributed by atoms with Gasteiger partial charge in [-0.25, -0.2) is 0 Å². The fraction of sp³-hybridized carbons (Fsp3) is 0.500. The van der Waals surface area contributed by atoms with Crippen LogP contribution in [0, 0.1) is 17.2 Å². The van der Waals surface area contributed by atoms with E-state index in [1.165, 1.54) is 18.6 Å². The predicted molar refractivity (Wildman–Crippen MR) is 67.0 cm³/mol. The summed E-state index contributed by atoms with van der Waals surface area (Å²) in [5, 5.41) is 18.1. The Balaban J connectivity index is 2.37. The summed E-state index contributed by atoms with van der Waals surface area (Å²) in [5.41, 5.74) is 0.419. The van der Waals surface area contributed by atoms with Crippen molar-refractivity contribution in [3.63, 3.8) is 0 Å². The smallest absolute Gasteiger partial charge is 0.124 e. The molecule has 1 N–H and O–H groups in total. The second-order valence-electron chi connectivity index (χ2n) is 4.57. The quantitative estimate of drug-likeness (QED) is 0.765. The summed E-state index contributed by atoms with van der Waals surface area (Å²) in [6, 6.07) is 6.58. The average molecular weight is 233 g/mol. The van der Waals surface area contributed by atoms with Gasteiger partial charge >= 0.3 is 0 Å². The van der Waals surface area contributed by atoms with Crippen molar-refractivity contribution in [3.8, 4) is 17.6 Å². The van der Waals surface area contributed by atoms with Gasteiger partial charge in [-0.2, -0.15) is 5.26 Å². The number of phenolic OH excluding ortho intramolecular Hbond substituents is 1. The summed E-state index contributed by atoms with van der Waals surface area (Å²) in [6.45, 7) is 5.03. The predicted octanol–water partition coefficient (Wildman–Crippen LogP) is 3.47. The molecular weight excluding hydrogens is 214 g/mol. The van der Waals surface area contributed by atoms with E-state index < -0.39 is 0 Å². The van der Waals surface area contributed by atoms with Gasteiger partial charge in [0.25, 0.3) is 0 Å². The number of nitriles is 1. The lowest BCUT2D eigenvalue weighted by molar-refractivity contribution is 0.300. The highest BCUT2D eigenvalue weighted by Gasteiger charge is 2.01. The van der Waals surface area contributed by atoms with E-state index in [0.717, 1.165) is 18.8 Å². The average Bonchev–Trinajstić information content (AvgIpc) is 2.27. The van der Waals surface area contributed by atoms with Crippen LogP contribution in [0.3, 0.4) is 0 Å². The summed E-state index contributed by atoms with van der Waals surface area (Å²) in [5.74, 6) is 1.35. The molecule has 0 aromatic heterocycles. The molecule has 92 valence electrons. The zero-order chi connectivity index (χ0) is 12.7. The van der Waals surface area contributed by atoms with Crippen LogP contribution in [-0.4, -0.2) is 11.7 Å². The highest BCUT2D eigenvalue weighted by Crippen LogP contribution is 2.21. The summed E-state index contributed by atoms with van der Waals surface area (Å²) in [7, 11) is 0. The van der Waals surface area contributed by atoms with Crippen LogP contribution in [0.25, 0.3) is 0 Å². The third kappa shape index (κ3) is 5.26. The second kappa shape index (κ2) is 6.80. The SMILES string of the molecule is CC(C)CCCCOc1cc(O)cc(C#N)c1. The van der Waals surface area contributed by atoms with Crippen LogP contribution in [0.4, 0.5) is 0 Å². The van der Waals surface area contributed by atoms with E-state index in [1.54, 1.807) is 6.07 Å². The topological polar surface area (TPSA) is 53.2 Å². The van der Waals surface area contributed by atoms with Crippen molar-refractivity contribution in [1.29, 1.82) is 5.26 Å². The molecule has 0 radical (unpaired) electrons. The Morgan fingerprint density at radius 2 is 2.06 bits per heavy atom. The third-order valence-electron chi connectivity index (χ3n) is 2.46. The van der Waals surface area contributed by atoms with Crippen LogP contribution in [0.5, 0.6) is 11.5 Å². The zero-order valence-corrected chi connectivity index (χ0v) is 10.4. The molecule has 0 atom stereocenters. The van der Waals surface area contributed by atoms with Crippen molar-refractivity contribution in [3.05, 3.63) is 23.8 Å². The highest BCUT2D eigenvalue weighted by molar-refractivity contribution is 5.43. The van der Waals surface area contributed by atoms with Gasteiger partial charge in [-0.05, 0) is 30.9 Å². The Labute approximate surface area is 103 Å². The van der Waals surface area contributed by atoms with E-state index in [4.69, 9.17) is 10.00 Å². The monoisotopic (exact) mass is 233 g/mol. The van der Waals surface area contributed by atoms with Crippen LogP contribution in [0.1, 0.15) is 38.7 Å². The minimum absolute atomic E-state index is 0.0706. The van der Waals surface area contributed by atoms with Gasteiger partial charge in [0.2, 0.25) is 0 Å². The zero-order valence-electron chi connectivity index (χ0n) is 10.4. The molecule has 3 heteroatoms. The lowest BCUT2D eigenvalue weighted by atomic mass is 10.1. The summed E-state index contributed by atoms with van der Waals surface area (Å²) < 4.78 is 5.50. The van der Waals surface area contributed by atoms with Gasteiger partial charge in [0.1, 0.15) is 11.5 Å². The van der Waals surface area contributed by atoms with Crippen molar-refractivity contribution in [2.75, 3.05) is 6.61 Å². The lowest BCUT2D eigenvalue weighted by Crippen LogP contribution is -1.98. The molecular formula is C14H19NO2. The molecule has 0 unspecified atom stereocenters. The molecule has 1 rings (SSSR count). The van der Waals surface area contributed by atoms with E-state index >= 15 is 0 Å². The maximum atomic E-state index is 9.37. The van der Waals surface area contributed by atoms with Crippen molar-refractivity contribution in [1.82, 2.24) is 0 Å². The maximum absolute atomic E-state index is 9.37. The van der Waals surface area contributed by atoms with Crippen LogP contribution in [-0.2, 0) is 0 Å². The Morgan fingerprint density at radius 1 is 1.29 bits per heavy atom. The molecule has 0 fully saturated rings. The number of hydrogen-bond acceptors (Lipinski definition) is 3. The summed E-state index contributed by atoms with van der Waals surface area (Å²) >= 11 is 0. The van der Waals surface area contributed by atoms with E-state index in [9.17, 15) is 5.11 Å². The number of ether oxygens (including phenoxy) is 1. The van der Waals surface area contributed by atoms with Gasteiger partial charge in [-0.3, -0.25) is 0 Å². The summed E-state index contributed by atoms with van der Waals surface area (Å²) in [6.07, 6.45) is 3.34. The van der Waals surface area contributed by atoms with Crippen molar-refractivity contribution in [2.45, 2.75) is 33.1 Å². The first-order chi connectivity index (χ1) is 8.11. The van der Waals surface area contributed by atoms with Crippen molar-refractivity contribution < 1.29 is 9.84 Å². The molecule has 0 aliphatic heterocycles. The first kappa shape index (κ1) is 13.4. The minimum Gasteiger partial charge on any atom is -0.508 e. The second-order valence-corrected chi connectivity index (χ2v) is 4.57. The first-order valence-corrected chi connectivity index (χ1v) is 5.99. The fourth-order valence-electron chi connectivity index (χ4n) is 1.58. The molecule has 1 aromatic rings. The largest absolute Gasteiger partial charge is 0.508 e. The summed E-state index contributed by atoms with van der Waals surface area (Å²) in [4.78, 5) is 0. The molecule has 17 heavy (non-hydrogen) atoms. The lowest BCUT2D eigenvalue weighted by Gasteiger charge is -2.08. The van der Waals surface area contributed by atoms with Gasteiger partial charge in [-0.1, -0.05) is 20.3 Å². The van der Waals surface area contributed by atoms with Gasteiger partial charge in [0.05, 0.1) is 18.2 Å². The third-order valence-corrected chi connectivity index (χ3v) is 2.46. The number of hydrogen-bond donors (Lipinski definition) is 1. The van der Waals surface area contributed by atoms with Gasteiger partial charge in [0.15, 0.2) is 0 Å². The van der Waals surface area contributed by atoms with Gasteiger partial charge < -0.3 is 9.84 Å².